The van der Waals surface area contributed by atoms with Crippen molar-refractivity contribution in [3.8, 4) is 5.69 Å². The molecule has 0 fully saturated rings. The summed E-state index contributed by atoms with van der Waals surface area (Å²) < 4.78 is 14.9. The largest absolute Gasteiger partial charge is 0.352 e. The molecule has 0 spiro atoms. The topological polar surface area (TPSA) is 93.1 Å². The Bertz CT molecular complexity index is 1120. The van der Waals surface area contributed by atoms with Crippen LogP contribution >= 0.6 is 15.9 Å². The highest BCUT2D eigenvalue weighted by atomic mass is 79.9. The third kappa shape index (κ3) is 5.60. The molecule has 154 valence electrons. The first-order valence-electron chi connectivity index (χ1n) is 9.12. The molecule has 0 saturated heterocycles. The predicted molar refractivity (Wildman–Crippen MR) is 113 cm³/mol. The molecule has 0 saturated carbocycles. The maximum Gasteiger partial charge on any atom is 0.271 e. The van der Waals surface area contributed by atoms with Crippen molar-refractivity contribution in [1.82, 2.24) is 20.4 Å². The normalized spacial score (nSPS) is 10.5. The second kappa shape index (κ2) is 9.93. The van der Waals surface area contributed by atoms with Crippen molar-refractivity contribution in [1.29, 1.82) is 0 Å². The van der Waals surface area contributed by atoms with Crippen LogP contribution in [0, 0.1) is 5.82 Å². The van der Waals surface area contributed by atoms with E-state index in [1.807, 2.05) is 6.07 Å². The van der Waals surface area contributed by atoms with Crippen LogP contribution in [0.4, 0.5) is 4.39 Å². The van der Waals surface area contributed by atoms with Gasteiger partial charge in [0.1, 0.15) is 11.5 Å². The number of halogens is 2. The first kappa shape index (κ1) is 21.4. The molecule has 0 atom stereocenters. The minimum Gasteiger partial charge on any atom is -0.352 e. The summed E-state index contributed by atoms with van der Waals surface area (Å²) in [7, 11) is 0. The molecule has 9 heteroatoms. The van der Waals surface area contributed by atoms with Crippen LogP contribution in [0.2, 0.25) is 0 Å². The van der Waals surface area contributed by atoms with Gasteiger partial charge in [-0.2, -0.15) is 9.78 Å². The smallest absolute Gasteiger partial charge is 0.271 e. The van der Waals surface area contributed by atoms with Crippen molar-refractivity contribution < 1.29 is 14.0 Å². The molecule has 0 aliphatic carbocycles. The van der Waals surface area contributed by atoms with E-state index in [1.165, 1.54) is 36.4 Å². The molecule has 3 rings (SSSR count). The number of hydrogen-bond donors (Lipinski definition) is 2. The van der Waals surface area contributed by atoms with Gasteiger partial charge in [0.15, 0.2) is 0 Å². The zero-order valence-electron chi connectivity index (χ0n) is 15.8. The second-order valence-corrected chi connectivity index (χ2v) is 7.24. The Morgan fingerprint density at radius 2 is 1.67 bits per heavy atom. The molecule has 1 heterocycles. The van der Waals surface area contributed by atoms with Gasteiger partial charge in [0.25, 0.3) is 17.4 Å². The van der Waals surface area contributed by atoms with E-state index in [0.29, 0.717) is 30.8 Å². The number of carbonyl (C=O) groups excluding carboxylic acids is 2. The molecule has 0 aliphatic heterocycles. The summed E-state index contributed by atoms with van der Waals surface area (Å²) in [5.41, 5.74) is 0.512. The Labute approximate surface area is 180 Å². The van der Waals surface area contributed by atoms with Crippen LogP contribution in [-0.2, 0) is 0 Å². The van der Waals surface area contributed by atoms with E-state index < -0.39 is 17.3 Å². The molecule has 2 N–H and O–H groups in total. The highest BCUT2D eigenvalue weighted by Gasteiger charge is 2.11. The van der Waals surface area contributed by atoms with Crippen molar-refractivity contribution in [2.75, 3.05) is 13.1 Å². The number of nitrogens with zero attached hydrogens (tertiary/aromatic N) is 2. The van der Waals surface area contributed by atoms with Crippen LogP contribution in [0.15, 0.2) is 69.9 Å². The van der Waals surface area contributed by atoms with Gasteiger partial charge in [-0.05, 0) is 55.0 Å². The number of benzene rings is 2. The van der Waals surface area contributed by atoms with Crippen LogP contribution in [0.25, 0.3) is 5.69 Å². The first-order valence-corrected chi connectivity index (χ1v) is 9.91. The Morgan fingerprint density at radius 3 is 2.37 bits per heavy atom. The number of rotatable bonds is 7. The zero-order chi connectivity index (χ0) is 21.5. The number of carbonyl (C=O) groups is 2. The van der Waals surface area contributed by atoms with E-state index in [-0.39, 0.29) is 11.6 Å². The van der Waals surface area contributed by atoms with Crippen molar-refractivity contribution in [3.63, 3.8) is 0 Å². The van der Waals surface area contributed by atoms with Crippen molar-refractivity contribution in [2.24, 2.45) is 0 Å². The SMILES string of the molecule is O=C(NCCCNC(=O)c1ccc(=O)n(-c2ccc(F)cc2)n1)c1cccc(Br)c1. The lowest BCUT2D eigenvalue weighted by Gasteiger charge is -2.09. The summed E-state index contributed by atoms with van der Waals surface area (Å²) in [6.07, 6.45) is 0.517. The van der Waals surface area contributed by atoms with E-state index in [0.717, 1.165) is 9.15 Å². The zero-order valence-corrected chi connectivity index (χ0v) is 17.4. The summed E-state index contributed by atoms with van der Waals surface area (Å²) in [5.74, 6) is -1.09. The maximum absolute atomic E-state index is 13.1. The average Bonchev–Trinajstić information content (AvgIpc) is 2.74. The van der Waals surface area contributed by atoms with Crippen molar-refractivity contribution >= 4 is 27.7 Å². The molecule has 3 aromatic rings. The lowest BCUT2D eigenvalue weighted by molar-refractivity contribution is 0.0946. The lowest BCUT2D eigenvalue weighted by Crippen LogP contribution is -2.32. The molecule has 7 nitrogen and oxygen atoms in total. The Hall–Kier alpha value is -3.33. The predicted octanol–water partition coefficient (Wildman–Crippen LogP) is 2.68. The number of amides is 2. The Morgan fingerprint density at radius 1 is 0.967 bits per heavy atom. The molecule has 0 radical (unpaired) electrons. The monoisotopic (exact) mass is 472 g/mol. The summed E-state index contributed by atoms with van der Waals surface area (Å²) in [6.45, 7) is 0.698. The molecule has 2 aromatic carbocycles. The van der Waals surface area contributed by atoms with E-state index >= 15 is 0 Å². The minimum absolute atomic E-state index is 0.0529. The third-order valence-corrected chi connectivity index (χ3v) is 4.61. The van der Waals surface area contributed by atoms with E-state index in [9.17, 15) is 18.8 Å². The summed E-state index contributed by atoms with van der Waals surface area (Å²) >= 11 is 3.32. The van der Waals surface area contributed by atoms with Crippen LogP contribution in [0.3, 0.4) is 0 Å². The highest BCUT2D eigenvalue weighted by molar-refractivity contribution is 9.10. The van der Waals surface area contributed by atoms with E-state index in [4.69, 9.17) is 0 Å². The summed E-state index contributed by atoms with van der Waals surface area (Å²) in [6, 6.07) is 14.8. The minimum atomic E-state index is -0.454. The Balaban J connectivity index is 1.51. The molecule has 30 heavy (non-hydrogen) atoms. The number of aromatic nitrogens is 2. The highest BCUT2D eigenvalue weighted by Crippen LogP contribution is 2.11. The van der Waals surface area contributed by atoms with Crippen molar-refractivity contribution in [3.05, 3.63) is 92.6 Å². The fraction of sp³-hybridized carbons (Fsp3) is 0.143. The first-order chi connectivity index (χ1) is 14.4. The van der Waals surface area contributed by atoms with Gasteiger partial charge >= 0.3 is 0 Å². The van der Waals surface area contributed by atoms with Crippen LogP contribution in [-0.4, -0.2) is 34.7 Å². The summed E-state index contributed by atoms with van der Waals surface area (Å²) in [5, 5.41) is 9.52. The standard InChI is InChI=1S/C21H18BrFN4O3/c22-15-4-1-3-14(13-15)20(29)24-11-2-12-25-21(30)18-9-10-19(28)27(26-18)17-7-5-16(23)6-8-17/h1,3-10,13H,2,11-12H2,(H,24,29)(H,25,30). The van der Waals surface area contributed by atoms with Gasteiger partial charge < -0.3 is 10.6 Å². The van der Waals surface area contributed by atoms with Gasteiger partial charge in [-0.15, -0.1) is 0 Å². The molecular formula is C21H18BrFN4O3. The molecular weight excluding hydrogens is 455 g/mol. The van der Waals surface area contributed by atoms with Gasteiger partial charge in [0.2, 0.25) is 0 Å². The lowest BCUT2D eigenvalue weighted by atomic mass is 10.2. The van der Waals surface area contributed by atoms with Gasteiger partial charge in [0.05, 0.1) is 5.69 Å². The van der Waals surface area contributed by atoms with Gasteiger partial charge in [-0.3, -0.25) is 14.4 Å². The molecule has 0 aliphatic rings. The fourth-order valence-corrected chi connectivity index (χ4v) is 3.01. The van der Waals surface area contributed by atoms with Gasteiger partial charge in [-0.25, -0.2) is 4.39 Å². The van der Waals surface area contributed by atoms with E-state index in [1.54, 1.807) is 18.2 Å². The molecule has 2 amide bonds. The summed E-state index contributed by atoms with van der Waals surface area (Å²) in [4.78, 5) is 36.4. The van der Waals surface area contributed by atoms with Gasteiger partial charge in [-0.1, -0.05) is 22.0 Å². The average molecular weight is 473 g/mol. The fourth-order valence-electron chi connectivity index (χ4n) is 2.61. The van der Waals surface area contributed by atoms with Crippen LogP contribution in [0.1, 0.15) is 27.3 Å². The quantitative estimate of drug-likeness (QED) is 0.517. The third-order valence-electron chi connectivity index (χ3n) is 4.12. The molecule has 0 unspecified atom stereocenters. The van der Waals surface area contributed by atoms with Crippen molar-refractivity contribution in [2.45, 2.75) is 6.42 Å². The number of nitrogens with one attached hydrogen (secondary N) is 2. The van der Waals surface area contributed by atoms with Crippen LogP contribution in [0.5, 0.6) is 0 Å². The molecule has 1 aromatic heterocycles. The van der Waals surface area contributed by atoms with Gasteiger partial charge in [0, 0.05) is 29.2 Å². The number of hydrogen-bond acceptors (Lipinski definition) is 4. The second-order valence-electron chi connectivity index (χ2n) is 6.32. The van der Waals surface area contributed by atoms with Crippen LogP contribution < -0.4 is 16.2 Å². The molecule has 0 bridgehead atoms. The Kier molecular flexibility index (Phi) is 7.08. The van der Waals surface area contributed by atoms with E-state index in [2.05, 4.69) is 31.7 Å². The maximum atomic E-state index is 13.1.